The summed E-state index contributed by atoms with van der Waals surface area (Å²) in [6, 6.07) is 11.9. The second-order valence-corrected chi connectivity index (χ2v) is 8.02. The van der Waals surface area contributed by atoms with E-state index in [1.807, 2.05) is 25.3 Å². The van der Waals surface area contributed by atoms with E-state index in [9.17, 15) is 18.0 Å². The summed E-state index contributed by atoms with van der Waals surface area (Å²) in [6.07, 6.45) is 0.674. The highest BCUT2D eigenvalue weighted by atomic mass is 19.4. The SMILES string of the molecule is COCCNc1ccc(C(F)(F)F)cc1NC(=O)c1ccc(C)c(N2C=C(c3cccnc3)NN2)c1. The quantitative estimate of drug-likeness (QED) is 0.339. The zero-order chi connectivity index (χ0) is 25.7. The molecule has 2 aromatic carbocycles. The minimum atomic E-state index is -4.55. The summed E-state index contributed by atoms with van der Waals surface area (Å²) < 4.78 is 44.9. The van der Waals surface area contributed by atoms with Crippen molar-refractivity contribution in [3.8, 4) is 0 Å². The fourth-order valence-electron chi connectivity index (χ4n) is 3.58. The zero-order valence-electron chi connectivity index (χ0n) is 19.6. The van der Waals surface area contributed by atoms with Crippen molar-refractivity contribution in [3.63, 3.8) is 0 Å². The van der Waals surface area contributed by atoms with Gasteiger partial charge < -0.3 is 20.8 Å². The number of rotatable bonds is 8. The van der Waals surface area contributed by atoms with Crippen LogP contribution in [0.5, 0.6) is 0 Å². The van der Waals surface area contributed by atoms with Crippen molar-refractivity contribution in [3.05, 3.63) is 89.4 Å². The Labute approximate surface area is 206 Å². The lowest BCUT2D eigenvalue weighted by molar-refractivity contribution is -0.137. The first-order valence-corrected chi connectivity index (χ1v) is 11.1. The van der Waals surface area contributed by atoms with Crippen LogP contribution in [0.2, 0.25) is 0 Å². The van der Waals surface area contributed by atoms with Crippen LogP contribution in [0, 0.1) is 6.92 Å². The number of aromatic nitrogens is 1. The molecular weight excluding hydrogens is 473 g/mol. The van der Waals surface area contributed by atoms with Gasteiger partial charge in [-0.1, -0.05) is 6.07 Å². The fourth-order valence-corrected chi connectivity index (χ4v) is 3.58. The van der Waals surface area contributed by atoms with Gasteiger partial charge in [0, 0.05) is 43.4 Å². The molecule has 0 spiro atoms. The van der Waals surface area contributed by atoms with Crippen molar-refractivity contribution < 1.29 is 22.7 Å². The van der Waals surface area contributed by atoms with Crippen molar-refractivity contribution in [2.24, 2.45) is 0 Å². The van der Waals surface area contributed by atoms with Gasteiger partial charge in [-0.15, -0.1) is 5.53 Å². The molecule has 36 heavy (non-hydrogen) atoms. The third-order valence-corrected chi connectivity index (χ3v) is 5.49. The summed E-state index contributed by atoms with van der Waals surface area (Å²) in [5.41, 5.74) is 9.11. The van der Waals surface area contributed by atoms with Gasteiger partial charge in [0.15, 0.2) is 0 Å². The molecule has 0 saturated heterocycles. The lowest BCUT2D eigenvalue weighted by Gasteiger charge is -2.19. The second-order valence-electron chi connectivity index (χ2n) is 8.02. The normalized spacial score (nSPS) is 13.2. The summed E-state index contributed by atoms with van der Waals surface area (Å²) in [7, 11) is 1.52. The third-order valence-electron chi connectivity index (χ3n) is 5.49. The zero-order valence-corrected chi connectivity index (χ0v) is 19.6. The highest BCUT2D eigenvalue weighted by Gasteiger charge is 2.31. The predicted molar refractivity (Wildman–Crippen MR) is 132 cm³/mol. The van der Waals surface area contributed by atoms with Crippen molar-refractivity contribution in [1.82, 2.24) is 15.9 Å². The Balaban J connectivity index is 1.58. The molecule has 4 N–H and O–H groups in total. The smallest absolute Gasteiger partial charge is 0.383 e. The van der Waals surface area contributed by atoms with Gasteiger partial charge >= 0.3 is 6.18 Å². The summed E-state index contributed by atoms with van der Waals surface area (Å²) >= 11 is 0. The summed E-state index contributed by atoms with van der Waals surface area (Å²) in [4.78, 5) is 17.2. The molecule has 0 aliphatic carbocycles. The Kier molecular flexibility index (Phi) is 7.41. The number of ether oxygens (including phenoxy) is 1. The lowest BCUT2D eigenvalue weighted by Crippen LogP contribution is -2.36. The summed E-state index contributed by atoms with van der Waals surface area (Å²) in [5.74, 6) is -0.547. The topological polar surface area (TPSA) is 90.6 Å². The number of pyridine rings is 1. The number of nitrogens with zero attached hydrogens (tertiary/aromatic N) is 2. The fraction of sp³-hybridized carbons (Fsp3) is 0.200. The van der Waals surface area contributed by atoms with Crippen LogP contribution in [0.3, 0.4) is 0 Å². The van der Waals surface area contributed by atoms with E-state index < -0.39 is 17.6 Å². The maximum absolute atomic E-state index is 13.3. The first kappa shape index (κ1) is 25.0. The largest absolute Gasteiger partial charge is 0.416 e. The van der Waals surface area contributed by atoms with E-state index in [1.165, 1.54) is 13.2 Å². The average molecular weight is 499 g/mol. The van der Waals surface area contributed by atoms with Crippen molar-refractivity contribution in [1.29, 1.82) is 0 Å². The number of carbonyl (C=O) groups excluding carboxylic acids is 1. The molecule has 1 amide bonds. The van der Waals surface area contributed by atoms with E-state index in [1.54, 1.807) is 35.6 Å². The van der Waals surface area contributed by atoms with Gasteiger partial charge in [-0.25, -0.2) is 0 Å². The molecular formula is C25H25F3N6O2. The predicted octanol–water partition coefficient (Wildman–Crippen LogP) is 4.55. The number of amides is 1. The van der Waals surface area contributed by atoms with E-state index >= 15 is 0 Å². The van der Waals surface area contributed by atoms with E-state index in [4.69, 9.17) is 4.74 Å². The molecule has 0 fully saturated rings. The number of carbonyl (C=O) groups is 1. The Morgan fingerprint density at radius 1 is 1.14 bits per heavy atom. The molecule has 0 bridgehead atoms. The van der Waals surface area contributed by atoms with E-state index in [2.05, 4.69) is 26.6 Å². The summed E-state index contributed by atoms with van der Waals surface area (Å²) in [5, 5.41) is 7.33. The molecule has 0 radical (unpaired) electrons. The highest BCUT2D eigenvalue weighted by molar-refractivity contribution is 6.06. The Morgan fingerprint density at radius 2 is 1.97 bits per heavy atom. The highest BCUT2D eigenvalue weighted by Crippen LogP contribution is 2.34. The van der Waals surface area contributed by atoms with Gasteiger partial charge in [0.2, 0.25) is 0 Å². The van der Waals surface area contributed by atoms with E-state index in [-0.39, 0.29) is 11.3 Å². The first-order chi connectivity index (χ1) is 17.3. The molecule has 4 rings (SSSR count). The van der Waals surface area contributed by atoms with Gasteiger partial charge in [-0.05, 0) is 55.0 Å². The maximum Gasteiger partial charge on any atom is 0.416 e. The van der Waals surface area contributed by atoms with Crippen LogP contribution in [0.1, 0.15) is 27.0 Å². The standard InChI is InChI=1S/C25H25F3N6O2/c1-16-5-6-17(12-23(16)34-15-22(32-33-34)18-4-3-9-29-14-18)24(35)31-21-13-19(25(26,27)28)7-8-20(21)30-10-11-36-2/h3-9,12-15,30,32-33H,10-11H2,1-2H3,(H,31,35). The molecule has 188 valence electrons. The maximum atomic E-state index is 13.3. The molecule has 1 aromatic heterocycles. The molecule has 0 saturated carbocycles. The minimum Gasteiger partial charge on any atom is -0.383 e. The van der Waals surface area contributed by atoms with Crippen LogP contribution in [0.15, 0.2) is 67.1 Å². The average Bonchev–Trinajstić information content (AvgIpc) is 3.35. The van der Waals surface area contributed by atoms with Crippen molar-refractivity contribution in [2.45, 2.75) is 13.1 Å². The molecule has 1 aliphatic rings. The van der Waals surface area contributed by atoms with Crippen LogP contribution in [0.4, 0.5) is 30.2 Å². The molecule has 8 nitrogen and oxygen atoms in total. The number of anilines is 3. The first-order valence-electron chi connectivity index (χ1n) is 11.1. The van der Waals surface area contributed by atoms with E-state index in [0.717, 1.165) is 29.0 Å². The molecule has 11 heteroatoms. The number of alkyl halides is 3. The monoisotopic (exact) mass is 498 g/mol. The number of methoxy groups -OCH3 is 1. The Bertz CT molecular complexity index is 1260. The molecule has 0 atom stereocenters. The van der Waals surface area contributed by atoms with Crippen LogP contribution in [-0.4, -0.2) is 31.2 Å². The van der Waals surface area contributed by atoms with Gasteiger partial charge in [0.1, 0.15) is 0 Å². The number of hydrogen-bond donors (Lipinski definition) is 4. The van der Waals surface area contributed by atoms with Crippen molar-refractivity contribution >= 4 is 28.7 Å². The van der Waals surface area contributed by atoms with Crippen molar-refractivity contribution in [2.75, 3.05) is 35.9 Å². The lowest BCUT2D eigenvalue weighted by atomic mass is 10.1. The van der Waals surface area contributed by atoms with Gasteiger partial charge in [-0.2, -0.15) is 13.2 Å². The number of hydrogen-bond acceptors (Lipinski definition) is 7. The molecule has 0 unspecified atom stereocenters. The summed E-state index contributed by atoms with van der Waals surface area (Å²) in [6.45, 7) is 2.60. The Morgan fingerprint density at radius 3 is 2.69 bits per heavy atom. The Hall–Kier alpha value is -4.09. The second kappa shape index (κ2) is 10.7. The number of aryl methyl sites for hydroxylation is 1. The minimum absolute atomic E-state index is 0.0211. The number of benzene rings is 2. The molecule has 3 aromatic rings. The number of nitrogens with one attached hydrogen (secondary N) is 4. The van der Waals surface area contributed by atoms with Gasteiger partial charge in [-0.3, -0.25) is 14.8 Å². The van der Waals surface area contributed by atoms with Crippen LogP contribution in [-0.2, 0) is 10.9 Å². The van der Waals surface area contributed by atoms with Crippen LogP contribution in [0.25, 0.3) is 5.70 Å². The number of halogens is 3. The van der Waals surface area contributed by atoms with Gasteiger partial charge in [0.05, 0.1) is 34.9 Å². The molecule has 1 aliphatic heterocycles. The molecule has 2 heterocycles. The van der Waals surface area contributed by atoms with Gasteiger partial charge in [0.25, 0.3) is 5.91 Å². The third kappa shape index (κ3) is 5.75. The van der Waals surface area contributed by atoms with Crippen LogP contribution >= 0.6 is 0 Å². The van der Waals surface area contributed by atoms with E-state index in [0.29, 0.717) is 24.5 Å². The number of hydrazine groups is 2. The van der Waals surface area contributed by atoms with Crippen LogP contribution < -0.4 is 26.6 Å².